The lowest BCUT2D eigenvalue weighted by molar-refractivity contribution is 0.0948. The van der Waals surface area contributed by atoms with Gasteiger partial charge >= 0.3 is 0 Å². The van der Waals surface area contributed by atoms with Gasteiger partial charge in [-0.15, -0.1) is 0 Å². The summed E-state index contributed by atoms with van der Waals surface area (Å²) in [5, 5.41) is 9.47. The number of hydrogen-bond donors (Lipinski definition) is 3. The average Bonchev–Trinajstić information content (AvgIpc) is 3.33. The highest BCUT2D eigenvalue weighted by Gasteiger charge is 2.08. The fourth-order valence-corrected chi connectivity index (χ4v) is 3.19. The van der Waals surface area contributed by atoms with E-state index in [0.29, 0.717) is 43.5 Å². The van der Waals surface area contributed by atoms with E-state index in [1.54, 1.807) is 25.4 Å². The van der Waals surface area contributed by atoms with E-state index < -0.39 is 0 Å². The predicted octanol–water partition coefficient (Wildman–Crippen LogP) is 3.78. The Morgan fingerprint density at radius 2 is 1.84 bits per heavy atom. The number of benzene rings is 2. The monoisotopic (exact) mass is 434 g/mol. The summed E-state index contributed by atoms with van der Waals surface area (Å²) in [6.07, 6.45) is 1.59. The van der Waals surface area contributed by atoms with Crippen molar-refractivity contribution in [3.8, 4) is 5.75 Å². The van der Waals surface area contributed by atoms with Gasteiger partial charge in [-0.2, -0.15) is 0 Å². The van der Waals surface area contributed by atoms with E-state index in [-0.39, 0.29) is 5.91 Å². The number of nitrogens with zero attached hydrogens (tertiary/aromatic N) is 1. The smallest absolute Gasteiger partial charge is 0.251 e. The summed E-state index contributed by atoms with van der Waals surface area (Å²) in [5.74, 6) is 2.12. The van der Waals surface area contributed by atoms with E-state index in [0.717, 1.165) is 22.4 Å². The molecule has 1 amide bonds. The molecule has 7 nitrogen and oxygen atoms in total. The van der Waals surface area contributed by atoms with E-state index in [1.165, 1.54) is 0 Å². The highest BCUT2D eigenvalue weighted by atomic mass is 16.5. The van der Waals surface area contributed by atoms with E-state index in [2.05, 4.69) is 33.1 Å². The van der Waals surface area contributed by atoms with Crippen LogP contribution in [-0.2, 0) is 19.6 Å². The molecule has 0 unspecified atom stereocenters. The second-order valence-corrected chi connectivity index (χ2v) is 7.29. The largest absolute Gasteiger partial charge is 0.494 e. The van der Waals surface area contributed by atoms with Gasteiger partial charge in [-0.1, -0.05) is 24.3 Å². The number of hydrogen-bond acceptors (Lipinski definition) is 4. The van der Waals surface area contributed by atoms with Crippen LogP contribution in [0, 0.1) is 6.92 Å². The van der Waals surface area contributed by atoms with Crippen molar-refractivity contribution in [3.05, 3.63) is 88.9 Å². The van der Waals surface area contributed by atoms with E-state index in [9.17, 15) is 4.79 Å². The number of furan rings is 1. The minimum Gasteiger partial charge on any atom is -0.494 e. The molecule has 32 heavy (non-hydrogen) atoms. The Morgan fingerprint density at radius 1 is 1.00 bits per heavy atom. The fourth-order valence-electron chi connectivity index (χ4n) is 3.19. The van der Waals surface area contributed by atoms with Crippen LogP contribution in [0.2, 0.25) is 0 Å². The predicted molar refractivity (Wildman–Crippen MR) is 126 cm³/mol. The number of aryl methyl sites for hydroxylation is 1. The van der Waals surface area contributed by atoms with Gasteiger partial charge in [0.25, 0.3) is 5.91 Å². The number of amides is 1. The van der Waals surface area contributed by atoms with Crippen LogP contribution < -0.4 is 20.7 Å². The summed E-state index contributed by atoms with van der Waals surface area (Å²) < 4.78 is 11.0. The van der Waals surface area contributed by atoms with Gasteiger partial charge in [-0.05, 0) is 55.3 Å². The number of aliphatic imine (C=N–C) groups is 1. The number of ether oxygens (including phenoxy) is 1. The van der Waals surface area contributed by atoms with Gasteiger partial charge < -0.3 is 25.1 Å². The second-order valence-electron chi connectivity index (χ2n) is 7.29. The molecular formula is C25H30N4O3. The van der Waals surface area contributed by atoms with Crippen molar-refractivity contribution in [2.75, 3.05) is 13.7 Å². The molecule has 168 valence electrons. The minimum absolute atomic E-state index is 0.145. The van der Waals surface area contributed by atoms with Gasteiger partial charge in [-0.3, -0.25) is 9.79 Å². The number of carbonyl (C=O) groups excluding carboxylic acids is 1. The van der Waals surface area contributed by atoms with Crippen molar-refractivity contribution >= 4 is 11.9 Å². The van der Waals surface area contributed by atoms with Gasteiger partial charge in [0.1, 0.15) is 11.5 Å². The van der Waals surface area contributed by atoms with Crippen LogP contribution in [0.3, 0.4) is 0 Å². The van der Waals surface area contributed by atoms with E-state index >= 15 is 0 Å². The number of carbonyl (C=O) groups is 1. The lowest BCUT2D eigenvalue weighted by atomic mass is 10.1. The highest BCUT2D eigenvalue weighted by Crippen LogP contribution is 2.20. The standard InChI is InChI=1S/C25H30N4O3/c1-4-31-23-13-18(2)10-11-21(23)16-29-25(26-3)28-15-19-7-5-8-20(14-19)24(30)27-17-22-9-6-12-32-22/h5-14H,4,15-17H2,1-3H3,(H,27,30)(H2,26,28,29). The number of rotatable bonds is 9. The molecule has 2 aromatic carbocycles. The van der Waals surface area contributed by atoms with Crippen molar-refractivity contribution in [1.29, 1.82) is 0 Å². The highest BCUT2D eigenvalue weighted by molar-refractivity contribution is 5.94. The molecule has 0 bridgehead atoms. The maximum absolute atomic E-state index is 12.4. The normalized spacial score (nSPS) is 11.2. The molecule has 3 N–H and O–H groups in total. The molecule has 0 aliphatic heterocycles. The van der Waals surface area contributed by atoms with Gasteiger partial charge in [0.2, 0.25) is 0 Å². The molecule has 0 saturated carbocycles. The van der Waals surface area contributed by atoms with Crippen LogP contribution in [0.5, 0.6) is 5.75 Å². The first kappa shape index (κ1) is 22.9. The zero-order valence-electron chi connectivity index (χ0n) is 18.8. The Labute approximate surface area is 188 Å². The van der Waals surface area contributed by atoms with Crippen molar-refractivity contribution in [2.45, 2.75) is 33.5 Å². The Morgan fingerprint density at radius 3 is 2.59 bits per heavy atom. The Bertz CT molecular complexity index is 1050. The van der Waals surface area contributed by atoms with Crippen LogP contribution in [0.1, 0.15) is 39.7 Å². The van der Waals surface area contributed by atoms with Gasteiger partial charge in [0.05, 0.1) is 19.4 Å². The first-order valence-corrected chi connectivity index (χ1v) is 10.7. The molecule has 3 rings (SSSR count). The molecule has 3 aromatic rings. The third kappa shape index (κ3) is 6.63. The van der Waals surface area contributed by atoms with Crippen LogP contribution in [0.25, 0.3) is 0 Å². The molecule has 0 atom stereocenters. The second kappa shape index (κ2) is 11.6. The summed E-state index contributed by atoms with van der Waals surface area (Å²) in [5.41, 5.74) is 3.80. The third-order valence-corrected chi connectivity index (χ3v) is 4.84. The van der Waals surface area contributed by atoms with Crippen LogP contribution in [0.15, 0.2) is 70.3 Å². The molecule has 1 aromatic heterocycles. The minimum atomic E-state index is -0.145. The van der Waals surface area contributed by atoms with Crippen LogP contribution in [-0.4, -0.2) is 25.5 Å². The summed E-state index contributed by atoms with van der Waals surface area (Å²) in [7, 11) is 1.73. The molecule has 7 heteroatoms. The van der Waals surface area contributed by atoms with Crippen molar-refractivity contribution in [2.24, 2.45) is 4.99 Å². The van der Waals surface area contributed by atoms with Crippen LogP contribution >= 0.6 is 0 Å². The average molecular weight is 435 g/mol. The number of nitrogens with one attached hydrogen (secondary N) is 3. The zero-order valence-corrected chi connectivity index (χ0v) is 18.8. The molecule has 0 radical (unpaired) electrons. The summed E-state index contributed by atoms with van der Waals surface area (Å²) >= 11 is 0. The van der Waals surface area contributed by atoms with Gasteiger partial charge in [0.15, 0.2) is 5.96 Å². The molecule has 0 aliphatic rings. The summed E-state index contributed by atoms with van der Waals surface area (Å²) in [4.78, 5) is 16.7. The van der Waals surface area contributed by atoms with Crippen molar-refractivity contribution in [1.82, 2.24) is 16.0 Å². The zero-order chi connectivity index (χ0) is 22.8. The molecule has 0 aliphatic carbocycles. The topological polar surface area (TPSA) is 87.9 Å². The van der Waals surface area contributed by atoms with Crippen molar-refractivity contribution < 1.29 is 13.9 Å². The maximum atomic E-state index is 12.4. The van der Waals surface area contributed by atoms with Crippen molar-refractivity contribution in [3.63, 3.8) is 0 Å². The molecule has 0 saturated heterocycles. The molecule has 1 heterocycles. The quantitative estimate of drug-likeness (QED) is 0.352. The fraction of sp³-hybridized carbons (Fsp3) is 0.280. The third-order valence-electron chi connectivity index (χ3n) is 4.84. The Hall–Kier alpha value is -3.74. The molecule has 0 spiro atoms. The number of guanidine groups is 1. The summed E-state index contributed by atoms with van der Waals surface area (Å²) in [6, 6.07) is 17.3. The van der Waals surface area contributed by atoms with Gasteiger partial charge in [0, 0.05) is 31.3 Å². The molecule has 0 fully saturated rings. The lowest BCUT2D eigenvalue weighted by Gasteiger charge is -2.15. The van der Waals surface area contributed by atoms with Gasteiger partial charge in [-0.25, -0.2) is 0 Å². The maximum Gasteiger partial charge on any atom is 0.251 e. The Balaban J connectivity index is 1.54. The van der Waals surface area contributed by atoms with E-state index in [1.807, 2.05) is 44.2 Å². The Kier molecular flexibility index (Phi) is 8.31. The first-order valence-electron chi connectivity index (χ1n) is 10.7. The summed E-state index contributed by atoms with van der Waals surface area (Å²) in [6.45, 7) is 6.12. The lowest BCUT2D eigenvalue weighted by Crippen LogP contribution is -2.36. The van der Waals surface area contributed by atoms with Crippen LogP contribution in [0.4, 0.5) is 0 Å². The van der Waals surface area contributed by atoms with E-state index in [4.69, 9.17) is 9.15 Å². The SMILES string of the molecule is CCOc1cc(C)ccc1CNC(=NC)NCc1cccc(C(=O)NCc2ccco2)c1. The first-order chi connectivity index (χ1) is 15.6. The molecular weight excluding hydrogens is 404 g/mol.